The van der Waals surface area contributed by atoms with Crippen molar-refractivity contribution in [2.45, 2.75) is 64.5 Å². The number of benzene rings is 1. The summed E-state index contributed by atoms with van der Waals surface area (Å²) in [6.07, 6.45) is 7.98. The number of rotatable bonds is 5. The third kappa shape index (κ3) is 2.80. The molecule has 116 valence electrons. The van der Waals surface area contributed by atoms with Gasteiger partial charge in [-0.2, -0.15) is 0 Å². The largest absolute Gasteiger partial charge is 0.489 e. The van der Waals surface area contributed by atoms with Crippen molar-refractivity contribution in [1.82, 2.24) is 5.32 Å². The molecule has 1 N–H and O–H groups in total. The lowest BCUT2D eigenvalue weighted by molar-refractivity contribution is -0.0762. The quantitative estimate of drug-likeness (QED) is 0.849. The Morgan fingerprint density at radius 1 is 1.33 bits per heavy atom. The van der Waals surface area contributed by atoms with Crippen LogP contribution < -0.4 is 10.1 Å². The molecule has 1 spiro atoms. The highest BCUT2D eigenvalue weighted by molar-refractivity contribution is 6.30. The Balaban J connectivity index is 1.72. The van der Waals surface area contributed by atoms with Gasteiger partial charge in [0, 0.05) is 22.9 Å². The Labute approximate surface area is 133 Å². The highest BCUT2D eigenvalue weighted by atomic mass is 35.5. The SMILES string of the molecule is CCCNC1CC(Oc2cc(Cl)ccc2C)C12CCCC2. The van der Waals surface area contributed by atoms with Gasteiger partial charge < -0.3 is 10.1 Å². The number of hydrogen-bond acceptors (Lipinski definition) is 2. The van der Waals surface area contributed by atoms with Gasteiger partial charge in [0.1, 0.15) is 11.9 Å². The Morgan fingerprint density at radius 3 is 2.81 bits per heavy atom. The van der Waals surface area contributed by atoms with E-state index in [4.69, 9.17) is 16.3 Å². The summed E-state index contributed by atoms with van der Waals surface area (Å²) < 4.78 is 6.39. The van der Waals surface area contributed by atoms with Crippen molar-refractivity contribution in [2.75, 3.05) is 6.54 Å². The van der Waals surface area contributed by atoms with Gasteiger partial charge in [-0.05, 0) is 50.4 Å². The second-order valence-electron chi connectivity index (χ2n) is 6.70. The summed E-state index contributed by atoms with van der Waals surface area (Å²) in [5.74, 6) is 0.965. The minimum Gasteiger partial charge on any atom is -0.489 e. The van der Waals surface area contributed by atoms with Crippen molar-refractivity contribution in [3.63, 3.8) is 0 Å². The van der Waals surface area contributed by atoms with Crippen LogP contribution in [0.15, 0.2) is 18.2 Å². The fourth-order valence-corrected chi connectivity index (χ4v) is 4.24. The van der Waals surface area contributed by atoms with Gasteiger partial charge >= 0.3 is 0 Å². The van der Waals surface area contributed by atoms with Gasteiger partial charge in [-0.15, -0.1) is 0 Å². The molecule has 0 bridgehead atoms. The van der Waals surface area contributed by atoms with Crippen molar-refractivity contribution in [3.05, 3.63) is 28.8 Å². The smallest absolute Gasteiger partial charge is 0.124 e. The lowest BCUT2D eigenvalue weighted by Gasteiger charge is -2.54. The maximum absolute atomic E-state index is 6.39. The van der Waals surface area contributed by atoms with Crippen LogP contribution in [0.2, 0.25) is 5.02 Å². The summed E-state index contributed by atoms with van der Waals surface area (Å²) in [5.41, 5.74) is 1.54. The molecular formula is C18H26ClNO. The van der Waals surface area contributed by atoms with E-state index < -0.39 is 0 Å². The average Bonchev–Trinajstić information content (AvgIpc) is 2.98. The van der Waals surface area contributed by atoms with Crippen LogP contribution in [0, 0.1) is 12.3 Å². The van der Waals surface area contributed by atoms with Gasteiger partial charge in [0.2, 0.25) is 0 Å². The standard InChI is InChI=1S/C18H26ClNO/c1-3-10-20-16-12-17(18(16)8-4-5-9-18)21-15-11-14(19)7-6-13(15)2/h6-7,11,16-17,20H,3-5,8-10,12H2,1-2H3. The Hall–Kier alpha value is -0.730. The van der Waals surface area contributed by atoms with Crippen LogP contribution in [0.5, 0.6) is 5.75 Å². The van der Waals surface area contributed by atoms with E-state index in [-0.39, 0.29) is 0 Å². The molecule has 2 aliphatic carbocycles. The first-order valence-electron chi connectivity index (χ1n) is 8.32. The highest BCUT2D eigenvalue weighted by Gasteiger charge is 2.57. The number of halogens is 1. The van der Waals surface area contributed by atoms with E-state index in [9.17, 15) is 0 Å². The molecule has 0 amide bonds. The van der Waals surface area contributed by atoms with Crippen LogP contribution in [-0.4, -0.2) is 18.7 Å². The van der Waals surface area contributed by atoms with Crippen molar-refractivity contribution >= 4 is 11.6 Å². The third-order valence-corrected chi connectivity index (χ3v) is 5.61. The van der Waals surface area contributed by atoms with Crippen molar-refractivity contribution in [1.29, 1.82) is 0 Å². The normalized spacial score (nSPS) is 26.8. The summed E-state index contributed by atoms with van der Waals surface area (Å²) in [7, 11) is 0. The van der Waals surface area contributed by atoms with Gasteiger partial charge in [0.25, 0.3) is 0 Å². The molecule has 2 aliphatic rings. The minimum absolute atomic E-state index is 0.353. The van der Waals surface area contributed by atoms with Crippen molar-refractivity contribution in [3.8, 4) is 5.75 Å². The monoisotopic (exact) mass is 307 g/mol. The highest BCUT2D eigenvalue weighted by Crippen LogP contribution is 2.54. The summed E-state index contributed by atoms with van der Waals surface area (Å²) in [5, 5.41) is 4.50. The van der Waals surface area contributed by atoms with E-state index in [1.807, 2.05) is 18.2 Å². The van der Waals surface area contributed by atoms with Crippen LogP contribution >= 0.6 is 11.6 Å². The first-order chi connectivity index (χ1) is 10.2. The van der Waals surface area contributed by atoms with Crippen molar-refractivity contribution < 1.29 is 4.74 Å². The van der Waals surface area contributed by atoms with Gasteiger partial charge in [-0.1, -0.05) is 37.4 Å². The summed E-state index contributed by atoms with van der Waals surface area (Å²) >= 11 is 6.12. The summed E-state index contributed by atoms with van der Waals surface area (Å²) in [4.78, 5) is 0. The first-order valence-corrected chi connectivity index (χ1v) is 8.70. The molecule has 2 saturated carbocycles. The second-order valence-corrected chi connectivity index (χ2v) is 7.14. The van der Waals surface area contributed by atoms with Gasteiger partial charge in [-0.25, -0.2) is 0 Å². The van der Waals surface area contributed by atoms with Gasteiger partial charge in [0.15, 0.2) is 0 Å². The number of hydrogen-bond donors (Lipinski definition) is 1. The topological polar surface area (TPSA) is 21.3 Å². The molecule has 0 radical (unpaired) electrons. The van der Waals surface area contributed by atoms with Gasteiger partial charge in [0.05, 0.1) is 0 Å². The fraction of sp³-hybridized carbons (Fsp3) is 0.667. The summed E-state index contributed by atoms with van der Waals surface area (Å²) in [6, 6.07) is 6.59. The van der Waals surface area contributed by atoms with Crippen molar-refractivity contribution in [2.24, 2.45) is 5.41 Å². The fourth-order valence-electron chi connectivity index (χ4n) is 4.08. The molecule has 2 fully saturated rings. The number of ether oxygens (including phenoxy) is 1. The van der Waals surface area contributed by atoms with Crippen LogP contribution in [0.1, 0.15) is 51.0 Å². The van der Waals surface area contributed by atoms with E-state index in [1.54, 1.807) is 0 Å². The molecule has 0 aliphatic heterocycles. The Kier molecular flexibility index (Phi) is 4.46. The molecule has 21 heavy (non-hydrogen) atoms. The average molecular weight is 308 g/mol. The maximum Gasteiger partial charge on any atom is 0.124 e. The van der Waals surface area contributed by atoms with Gasteiger partial charge in [-0.3, -0.25) is 0 Å². The van der Waals surface area contributed by atoms with E-state index in [2.05, 4.69) is 19.2 Å². The van der Waals surface area contributed by atoms with Crippen LogP contribution in [0.25, 0.3) is 0 Å². The predicted molar refractivity (Wildman–Crippen MR) is 88.2 cm³/mol. The van der Waals surface area contributed by atoms with E-state index in [0.717, 1.165) is 23.7 Å². The van der Waals surface area contributed by atoms with E-state index in [1.165, 1.54) is 37.7 Å². The lowest BCUT2D eigenvalue weighted by atomic mass is 9.60. The molecule has 1 aromatic rings. The molecule has 2 unspecified atom stereocenters. The molecular weight excluding hydrogens is 282 g/mol. The van der Waals surface area contributed by atoms with Crippen LogP contribution in [-0.2, 0) is 0 Å². The zero-order valence-electron chi connectivity index (χ0n) is 13.1. The molecule has 0 aromatic heterocycles. The lowest BCUT2D eigenvalue weighted by Crippen LogP contribution is -2.63. The Morgan fingerprint density at radius 2 is 2.10 bits per heavy atom. The molecule has 0 saturated heterocycles. The minimum atomic E-state index is 0.353. The molecule has 2 nitrogen and oxygen atoms in total. The number of nitrogens with one attached hydrogen (secondary N) is 1. The third-order valence-electron chi connectivity index (χ3n) is 5.38. The van der Waals surface area contributed by atoms with E-state index >= 15 is 0 Å². The van der Waals surface area contributed by atoms with Crippen LogP contribution in [0.4, 0.5) is 0 Å². The molecule has 3 rings (SSSR count). The van der Waals surface area contributed by atoms with E-state index in [0.29, 0.717) is 17.6 Å². The second kappa shape index (κ2) is 6.18. The molecule has 3 heteroatoms. The Bertz CT molecular complexity index is 496. The predicted octanol–water partition coefficient (Wildman–Crippen LogP) is 4.73. The van der Waals surface area contributed by atoms with Crippen LogP contribution in [0.3, 0.4) is 0 Å². The molecule has 2 atom stereocenters. The zero-order valence-corrected chi connectivity index (χ0v) is 13.9. The zero-order chi connectivity index (χ0) is 14.9. The molecule has 1 aromatic carbocycles. The number of aryl methyl sites for hydroxylation is 1. The molecule has 0 heterocycles. The summed E-state index contributed by atoms with van der Waals surface area (Å²) in [6.45, 7) is 5.45. The maximum atomic E-state index is 6.39. The first kappa shape index (κ1) is 15.2.